The van der Waals surface area contributed by atoms with Crippen LogP contribution in [0.15, 0.2) is 4.52 Å². The number of rotatable bonds is 3. The van der Waals surface area contributed by atoms with Crippen LogP contribution >= 0.6 is 11.6 Å². The van der Waals surface area contributed by atoms with Crippen LogP contribution in [0.3, 0.4) is 0 Å². The van der Waals surface area contributed by atoms with Crippen LogP contribution in [0.4, 0.5) is 0 Å². The molecule has 1 aromatic rings. The summed E-state index contributed by atoms with van der Waals surface area (Å²) in [5, 5.41) is 4.12. The fourth-order valence-electron chi connectivity index (χ4n) is 3.36. The van der Waals surface area contributed by atoms with E-state index in [1.54, 1.807) is 0 Å². The normalized spacial score (nSPS) is 26.0. The predicted octanol–water partition coefficient (Wildman–Crippen LogP) is 1.50. The van der Waals surface area contributed by atoms with Crippen LogP contribution in [0.2, 0.25) is 5.22 Å². The van der Waals surface area contributed by atoms with Crippen molar-refractivity contribution in [1.29, 1.82) is 0 Å². The molecule has 1 aromatic heterocycles. The number of carbonyl (C=O) groups is 1. The molecule has 2 aliphatic rings. The van der Waals surface area contributed by atoms with Gasteiger partial charge in [0.1, 0.15) is 0 Å². The Bertz CT molecular complexity index is 529. The van der Waals surface area contributed by atoms with E-state index in [4.69, 9.17) is 20.9 Å². The number of nitrogens with zero attached hydrogens (tertiary/aromatic N) is 3. The molecule has 0 aromatic carbocycles. The van der Waals surface area contributed by atoms with Crippen LogP contribution in [0.25, 0.3) is 0 Å². The van der Waals surface area contributed by atoms with Crippen LogP contribution in [-0.2, 0) is 16.0 Å². The molecule has 0 radical (unpaired) electrons. The van der Waals surface area contributed by atoms with Crippen molar-refractivity contribution in [2.45, 2.75) is 38.3 Å². The number of ether oxygens (including phenoxy) is 1. The lowest BCUT2D eigenvalue weighted by molar-refractivity contribution is -0.151. The number of piperidine rings is 1. The molecule has 6 nitrogen and oxygen atoms in total. The Labute approximate surface area is 135 Å². The summed E-state index contributed by atoms with van der Waals surface area (Å²) in [5.41, 5.74) is 1.59. The monoisotopic (exact) mass is 327 g/mol. The fourth-order valence-corrected chi connectivity index (χ4v) is 3.62. The Balaban J connectivity index is 1.63. The second-order valence-electron chi connectivity index (χ2n) is 6.13. The van der Waals surface area contributed by atoms with E-state index in [1.165, 1.54) is 0 Å². The van der Waals surface area contributed by atoms with E-state index in [2.05, 4.69) is 17.1 Å². The van der Waals surface area contributed by atoms with Gasteiger partial charge in [-0.15, -0.1) is 0 Å². The van der Waals surface area contributed by atoms with E-state index in [-0.39, 0.29) is 18.1 Å². The van der Waals surface area contributed by atoms with Gasteiger partial charge in [0, 0.05) is 31.6 Å². The summed E-state index contributed by atoms with van der Waals surface area (Å²) in [4.78, 5) is 16.9. The molecular weight excluding hydrogens is 306 g/mol. The van der Waals surface area contributed by atoms with Crippen LogP contribution in [-0.4, -0.2) is 66.3 Å². The van der Waals surface area contributed by atoms with Gasteiger partial charge in [-0.3, -0.25) is 4.79 Å². The van der Waals surface area contributed by atoms with Crippen molar-refractivity contribution >= 4 is 17.5 Å². The van der Waals surface area contributed by atoms with E-state index >= 15 is 0 Å². The van der Waals surface area contributed by atoms with Crippen molar-refractivity contribution in [1.82, 2.24) is 15.0 Å². The molecule has 2 atom stereocenters. The maximum absolute atomic E-state index is 12.6. The van der Waals surface area contributed by atoms with Crippen molar-refractivity contribution in [3.63, 3.8) is 0 Å². The molecule has 7 heteroatoms. The highest BCUT2D eigenvalue weighted by atomic mass is 35.5. The highest BCUT2D eigenvalue weighted by molar-refractivity contribution is 6.29. The lowest BCUT2D eigenvalue weighted by Crippen LogP contribution is -2.60. The standard InChI is InChI=1S/C15H22ClN3O3/c1-10-11(15(16)22-17-10)3-4-14(20)19-7-8-21-13-5-6-18(2)9-12(13)19/h12-13H,3-9H2,1-2H3/t12-,13+/m1/s1. The number of hydrogen-bond donors (Lipinski definition) is 0. The summed E-state index contributed by atoms with van der Waals surface area (Å²) in [6.07, 6.45) is 2.16. The zero-order valence-electron chi connectivity index (χ0n) is 13.0. The quantitative estimate of drug-likeness (QED) is 0.842. The van der Waals surface area contributed by atoms with Gasteiger partial charge in [0.15, 0.2) is 0 Å². The summed E-state index contributed by atoms with van der Waals surface area (Å²) in [6, 6.07) is 0.166. The minimum absolute atomic E-state index is 0.158. The number of likely N-dealkylation sites (tertiary alicyclic amines) is 1. The molecule has 0 spiro atoms. The Morgan fingerprint density at radius 2 is 2.27 bits per heavy atom. The van der Waals surface area contributed by atoms with E-state index < -0.39 is 0 Å². The SMILES string of the molecule is Cc1noc(Cl)c1CCC(=O)N1CCO[C@H]2CCN(C)C[C@H]21. The molecule has 0 N–H and O–H groups in total. The van der Waals surface area contributed by atoms with Crippen LogP contribution in [0, 0.1) is 6.92 Å². The number of likely N-dealkylation sites (N-methyl/N-ethyl adjacent to an activating group) is 1. The van der Waals surface area contributed by atoms with Crippen LogP contribution in [0.5, 0.6) is 0 Å². The van der Waals surface area contributed by atoms with Crippen molar-refractivity contribution in [3.05, 3.63) is 16.5 Å². The molecule has 3 heterocycles. The average Bonchev–Trinajstić information content (AvgIpc) is 2.83. The summed E-state index contributed by atoms with van der Waals surface area (Å²) in [7, 11) is 2.09. The van der Waals surface area contributed by atoms with Gasteiger partial charge in [-0.05, 0) is 38.4 Å². The number of aromatic nitrogens is 1. The Kier molecular flexibility index (Phi) is 4.70. The summed E-state index contributed by atoms with van der Waals surface area (Å²) >= 11 is 5.96. The van der Waals surface area contributed by atoms with Gasteiger partial charge in [-0.2, -0.15) is 0 Å². The first-order chi connectivity index (χ1) is 10.6. The molecule has 2 saturated heterocycles. The van der Waals surface area contributed by atoms with Gasteiger partial charge in [-0.25, -0.2) is 0 Å². The molecule has 2 fully saturated rings. The molecule has 1 amide bonds. The minimum Gasteiger partial charge on any atom is -0.374 e. The predicted molar refractivity (Wildman–Crippen MR) is 81.9 cm³/mol. The van der Waals surface area contributed by atoms with Gasteiger partial charge < -0.3 is 19.1 Å². The molecule has 0 aliphatic carbocycles. The molecule has 122 valence electrons. The largest absolute Gasteiger partial charge is 0.374 e. The van der Waals surface area contributed by atoms with Crippen molar-refractivity contribution in [2.24, 2.45) is 0 Å². The van der Waals surface area contributed by atoms with E-state index in [0.717, 1.165) is 30.8 Å². The topological polar surface area (TPSA) is 58.8 Å². The molecule has 0 saturated carbocycles. The first-order valence-electron chi connectivity index (χ1n) is 7.76. The zero-order valence-corrected chi connectivity index (χ0v) is 13.8. The lowest BCUT2D eigenvalue weighted by atomic mass is 9.98. The second kappa shape index (κ2) is 6.56. The van der Waals surface area contributed by atoms with E-state index in [1.807, 2.05) is 11.8 Å². The van der Waals surface area contributed by atoms with Crippen molar-refractivity contribution in [2.75, 3.05) is 33.3 Å². The summed E-state index contributed by atoms with van der Waals surface area (Å²) in [6.45, 7) is 5.05. The number of carbonyl (C=O) groups excluding carboxylic acids is 1. The smallest absolute Gasteiger partial charge is 0.229 e. The molecule has 2 aliphatic heterocycles. The van der Waals surface area contributed by atoms with Gasteiger partial charge >= 0.3 is 0 Å². The highest BCUT2D eigenvalue weighted by Crippen LogP contribution is 2.25. The third kappa shape index (κ3) is 3.14. The van der Waals surface area contributed by atoms with Gasteiger partial charge in [0.05, 0.1) is 24.4 Å². The Hall–Kier alpha value is -1.11. The van der Waals surface area contributed by atoms with E-state index in [0.29, 0.717) is 31.2 Å². The van der Waals surface area contributed by atoms with Gasteiger partial charge in [-0.1, -0.05) is 5.16 Å². The Morgan fingerprint density at radius 1 is 1.45 bits per heavy atom. The zero-order chi connectivity index (χ0) is 15.7. The average molecular weight is 328 g/mol. The van der Waals surface area contributed by atoms with Crippen LogP contribution in [0.1, 0.15) is 24.1 Å². The maximum Gasteiger partial charge on any atom is 0.229 e. The molecular formula is C15H22ClN3O3. The third-order valence-electron chi connectivity index (χ3n) is 4.63. The molecule has 0 unspecified atom stereocenters. The number of amides is 1. The fraction of sp³-hybridized carbons (Fsp3) is 0.733. The summed E-state index contributed by atoms with van der Waals surface area (Å²) in [5.74, 6) is 0.158. The molecule has 22 heavy (non-hydrogen) atoms. The maximum atomic E-state index is 12.6. The Morgan fingerprint density at radius 3 is 3.00 bits per heavy atom. The highest BCUT2D eigenvalue weighted by Gasteiger charge is 2.38. The lowest BCUT2D eigenvalue weighted by Gasteiger charge is -2.46. The van der Waals surface area contributed by atoms with Crippen LogP contribution < -0.4 is 0 Å². The number of aryl methyl sites for hydroxylation is 1. The second-order valence-corrected chi connectivity index (χ2v) is 6.48. The molecule has 0 bridgehead atoms. The number of morpholine rings is 1. The van der Waals surface area contributed by atoms with Gasteiger partial charge in [0.2, 0.25) is 11.1 Å². The van der Waals surface area contributed by atoms with Crippen molar-refractivity contribution in [3.8, 4) is 0 Å². The van der Waals surface area contributed by atoms with E-state index in [9.17, 15) is 4.79 Å². The third-order valence-corrected chi connectivity index (χ3v) is 4.93. The first-order valence-corrected chi connectivity index (χ1v) is 8.14. The van der Waals surface area contributed by atoms with Crippen molar-refractivity contribution < 1.29 is 14.1 Å². The van der Waals surface area contributed by atoms with Gasteiger partial charge in [0.25, 0.3) is 0 Å². The molecule has 3 rings (SSSR count). The first kappa shape index (κ1) is 15.8. The number of fused-ring (bicyclic) bond motifs is 1. The minimum atomic E-state index is 0.158. The number of halogens is 1. The summed E-state index contributed by atoms with van der Waals surface area (Å²) < 4.78 is 10.8. The number of hydrogen-bond acceptors (Lipinski definition) is 5.